The Kier molecular flexibility index (Phi) is 4.09. The van der Waals surface area contributed by atoms with Gasteiger partial charge in [0.2, 0.25) is 0 Å². The summed E-state index contributed by atoms with van der Waals surface area (Å²) in [5, 5.41) is -0.828. The lowest BCUT2D eigenvalue weighted by atomic mass is 9.99. The van der Waals surface area contributed by atoms with E-state index in [1.165, 1.54) is 0 Å². The second kappa shape index (κ2) is 5.45. The highest BCUT2D eigenvalue weighted by molar-refractivity contribution is 7.92. The number of benzene rings is 1. The van der Waals surface area contributed by atoms with Gasteiger partial charge in [-0.2, -0.15) is 0 Å². The summed E-state index contributed by atoms with van der Waals surface area (Å²) in [6.07, 6.45) is 2.50. The molecule has 1 aromatic rings. The van der Waals surface area contributed by atoms with Crippen molar-refractivity contribution in [2.45, 2.75) is 55.6 Å². The molecular weight excluding hydrogens is 260 g/mol. The maximum absolute atomic E-state index is 12.5. The Hall–Kier alpha value is -1.16. The van der Waals surface area contributed by atoms with Crippen LogP contribution < -0.4 is 0 Å². The molecule has 1 saturated carbocycles. The molecule has 0 spiro atoms. The predicted octanol–water partition coefficient (Wildman–Crippen LogP) is 3.10. The molecule has 0 N–H and O–H groups in total. The Balaban J connectivity index is 2.31. The van der Waals surface area contributed by atoms with E-state index in [0.29, 0.717) is 18.8 Å². The number of carbonyl (C=O) groups excluding carboxylic acids is 1. The molecule has 1 aliphatic carbocycles. The third-order valence-electron chi connectivity index (χ3n) is 3.75. The van der Waals surface area contributed by atoms with Crippen LogP contribution in [0.15, 0.2) is 29.2 Å². The molecule has 1 aliphatic rings. The van der Waals surface area contributed by atoms with Crippen molar-refractivity contribution in [1.29, 1.82) is 0 Å². The fourth-order valence-electron chi connectivity index (χ4n) is 2.49. The summed E-state index contributed by atoms with van der Waals surface area (Å²) in [5.74, 6) is 0.243. The average Bonchev–Trinajstić information content (AvgIpc) is 2.39. The average molecular weight is 280 g/mol. The molecule has 0 bridgehead atoms. The van der Waals surface area contributed by atoms with Crippen molar-refractivity contribution in [3.8, 4) is 0 Å². The zero-order valence-corrected chi connectivity index (χ0v) is 12.2. The molecule has 104 valence electrons. The summed E-state index contributed by atoms with van der Waals surface area (Å²) in [4.78, 5) is 12.1. The fraction of sp³-hybridized carbons (Fsp3) is 0.533. The standard InChI is InChI=1S/C15H20O3S/c1-11(2)12-7-9-13(10-8-12)19(17,18)15-6-4-3-5-14(15)16/h7-11,15H,3-6H2,1-2H3. The Morgan fingerprint density at radius 1 is 1.11 bits per heavy atom. The zero-order valence-electron chi connectivity index (χ0n) is 11.4. The van der Waals surface area contributed by atoms with Gasteiger partial charge in [-0.25, -0.2) is 8.42 Å². The van der Waals surface area contributed by atoms with Crippen molar-refractivity contribution < 1.29 is 13.2 Å². The van der Waals surface area contributed by atoms with Gasteiger partial charge >= 0.3 is 0 Å². The molecular formula is C15H20O3S. The summed E-state index contributed by atoms with van der Waals surface area (Å²) in [7, 11) is -3.50. The molecule has 4 heteroatoms. The summed E-state index contributed by atoms with van der Waals surface area (Å²) < 4.78 is 24.9. The number of sulfone groups is 1. The fourth-order valence-corrected chi connectivity index (χ4v) is 4.27. The minimum atomic E-state index is -3.50. The van der Waals surface area contributed by atoms with Gasteiger partial charge in [0.1, 0.15) is 5.25 Å². The van der Waals surface area contributed by atoms with Gasteiger partial charge in [0.15, 0.2) is 15.6 Å². The van der Waals surface area contributed by atoms with Crippen molar-refractivity contribution in [3.63, 3.8) is 0 Å². The first kappa shape index (κ1) is 14.3. The molecule has 1 atom stereocenters. The highest BCUT2D eigenvalue weighted by atomic mass is 32.2. The minimum Gasteiger partial charge on any atom is -0.298 e. The van der Waals surface area contributed by atoms with Gasteiger partial charge < -0.3 is 0 Å². The van der Waals surface area contributed by atoms with Gasteiger partial charge in [0.05, 0.1) is 4.90 Å². The smallest absolute Gasteiger partial charge is 0.188 e. The highest BCUT2D eigenvalue weighted by Gasteiger charge is 2.35. The minimum absolute atomic E-state index is 0.126. The molecule has 0 heterocycles. The van der Waals surface area contributed by atoms with E-state index >= 15 is 0 Å². The van der Waals surface area contributed by atoms with E-state index in [-0.39, 0.29) is 10.7 Å². The number of hydrogen-bond acceptors (Lipinski definition) is 3. The lowest BCUT2D eigenvalue weighted by Crippen LogP contribution is -2.33. The van der Waals surface area contributed by atoms with Gasteiger partial charge in [-0.1, -0.05) is 32.4 Å². The van der Waals surface area contributed by atoms with Crippen molar-refractivity contribution in [1.82, 2.24) is 0 Å². The molecule has 3 nitrogen and oxygen atoms in total. The SMILES string of the molecule is CC(C)c1ccc(S(=O)(=O)C2CCCCC2=O)cc1. The predicted molar refractivity (Wildman–Crippen MR) is 75.0 cm³/mol. The summed E-state index contributed by atoms with van der Waals surface area (Å²) >= 11 is 0. The van der Waals surface area contributed by atoms with E-state index in [1.807, 2.05) is 12.1 Å². The largest absolute Gasteiger partial charge is 0.298 e. The quantitative estimate of drug-likeness (QED) is 0.855. The second-order valence-corrected chi connectivity index (χ2v) is 7.60. The number of ketones is 1. The molecule has 0 aliphatic heterocycles. The Labute approximate surface area is 114 Å². The number of Topliss-reactive ketones (excluding diaryl/α,β-unsaturated/α-hetero) is 1. The van der Waals surface area contributed by atoms with Crippen LogP contribution in [0, 0.1) is 0 Å². The van der Waals surface area contributed by atoms with Crippen LogP contribution in [-0.4, -0.2) is 19.5 Å². The van der Waals surface area contributed by atoms with Crippen molar-refractivity contribution >= 4 is 15.6 Å². The lowest BCUT2D eigenvalue weighted by Gasteiger charge is -2.20. The van der Waals surface area contributed by atoms with E-state index in [4.69, 9.17) is 0 Å². The van der Waals surface area contributed by atoms with Gasteiger partial charge in [-0.15, -0.1) is 0 Å². The van der Waals surface area contributed by atoms with E-state index in [1.54, 1.807) is 12.1 Å². The molecule has 1 aromatic carbocycles. The second-order valence-electron chi connectivity index (χ2n) is 5.47. The molecule has 19 heavy (non-hydrogen) atoms. The highest BCUT2D eigenvalue weighted by Crippen LogP contribution is 2.27. The summed E-state index contributed by atoms with van der Waals surface area (Å²) in [6, 6.07) is 6.94. The van der Waals surface area contributed by atoms with Crippen LogP contribution in [0.5, 0.6) is 0 Å². The topological polar surface area (TPSA) is 51.2 Å². The van der Waals surface area contributed by atoms with Crippen LogP contribution >= 0.6 is 0 Å². The zero-order chi connectivity index (χ0) is 14.0. The first-order valence-electron chi connectivity index (χ1n) is 6.79. The number of hydrogen-bond donors (Lipinski definition) is 0. The number of rotatable bonds is 3. The summed E-state index contributed by atoms with van der Waals surface area (Å²) in [5.41, 5.74) is 1.11. The normalized spacial score (nSPS) is 20.8. The Morgan fingerprint density at radius 2 is 1.74 bits per heavy atom. The molecule has 0 radical (unpaired) electrons. The molecule has 0 aromatic heterocycles. The monoisotopic (exact) mass is 280 g/mol. The van der Waals surface area contributed by atoms with Crippen LogP contribution in [0.25, 0.3) is 0 Å². The van der Waals surface area contributed by atoms with E-state index in [2.05, 4.69) is 13.8 Å². The lowest BCUT2D eigenvalue weighted by molar-refractivity contribution is -0.119. The first-order valence-corrected chi connectivity index (χ1v) is 8.34. The molecule has 1 fully saturated rings. The van der Waals surface area contributed by atoms with Crippen molar-refractivity contribution in [2.24, 2.45) is 0 Å². The van der Waals surface area contributed by atoms with Crippen LogP contribution in [0.4, 0.5) is 0 Å². The number of carbonyl (C=O) groups is 1. The molecule has 0 amide bonds. The van der Waals surface area contributed by atoms with Gasteiger partial charge in [-0.3, -0.25) is 4.79 Å². The van der Waals surface area contributed by atoms with Gasteiger partial charge in [0.25, 0.3) is 0 Å². The molecule has 1 unspecified atom stereocenters. The molecule has 2 rings (SSSR count). The van der Waals surface area contributed by atoms with Crippen LogP contribution in [0.1, 0.15) is 51.0 Å². The van der Waals surface area contributed by atoms with Crippen molar-refractivity contribution in [3.05, 3.63) is 29.8 Å². The third-order valence-corrected chi connectivity index (χ3v) is 5.93. The Bertz CT molecular complexity index is 556. The Morgan fingerprint density at radius 3 is 2.26 bits per heavy atom. The van der Waals surface area contributed by atoms with Gasteiger partial charge in [-0.05, 0) is 36.5 Å². The summed E-state index contributed by atoms with van der Waals surface area (Å²) in [6.45, 7) is 4.13. The van der Waals surface area contributed by atoms with Gasteiger partial charge in [0, 0.05) is 6.42 Å². The van der Waals surface area contributed by atoms with E-state index in [9.17, 15) is 13.2 Å². The molecule has 0 saturated heterocycles. The maximum atomic E-state index is 12.5. The maximum Gasteiger partial charge on any atom is 0.188 e. The third kappa shape index (κ3) is 2.89. The van der Waals surface area contributed by atoms with Crippen LogP contribution in [-0.2, 0) is 14.6 Å². The van der Waals surface area contributed by atoms with Crippen LogP contribution in [0.2, 0.25) is 0 Å². The first-order chi connectivity index (χ1) is 8.93. The van der Waals surface area contributed by atoms with E-state index in [0.717, 1.165) is 18.4 Å². The van der Waals surface area contributed by atoms with Crippen LogP contribution in [0.3, 0.4) is 0 Å². The van der Waals surface area contributed by atoms with Crippen molar-refractivity contribution in [2.75, 3.05) is 0 Å². The van der Waals surface area contributed by atoms with E-state index < -0.39 is 15.1 Å².